The van der Waals surface area contributed by atoms with Gasteiger partial charge in [-0.05, 0) is 47.2 Å². The first-order chi connectivity index (χ1) is 8.66. The fourth-order valence-electron chi connectivity index (χ4n) is 2.15. The van der Waals surface area contributed by atoms with Gasteiger partial charge in [0.25, 0.3) is 0 Å². The number of hydrogen-bond acceptors (Lipinski definition) is 3. The standard InChI is InChI=1S/C14H14BrN3/c1-8-12(15)13(16)18-14(17-8)11-5-3-2-4-10(11)9-6-7-9/h2-5,9H,6-7H2,1H3,(H2,16,17,18). The van der Waals surface area contributed by atoms with E-state index in [0.717, 1.165) is 21.6 Å². The Balaban J connectivity index is 2.15. The average Bonchev–Trinajstić information content (AvgIpc) is 3.19. The van der Waals surface area contributed by atoms with Crippen molar-refractivity contribution in [2.75, 3.05) is 5.73 Å². The molecule has 1 saturated carbocycles. The van der Waals surface area contributed by atoms with E-state index in [9.17, 15) is 0 Å². The summed E-state index contributed by atoms with van der Waals surface area (Å²) in [5.41, 5.74) is 9.24. The van der Waals surface area contributed by atoms with Crippen molar-refractivity contribution in [2.45, 2.75) is 25.7 Å². The van der Waals surface area contributed by atoms with Gasteiger partial charge in [0, 0.05) is 5.56 Å². The first-order valence-corrected chi connectivity index (χ1v) is 6.85. The van der Waals surface area contributed by atoms with E-state index in [1.807, 2.05) is 13.0 Å². The number of rotatable bonds is 2. The van der Waals surface area contributed by atoms with E-state index < -0.39 is 0 Å². The summed E-state index contributed by atoms with van der Waals surface area (Å²) in [5.74, 6) is 1.91. The second-order valence-corrected chi connectivity index (χ2v) is 5.49. The quantitative estimate of drug-likeness (QED) is 0.921. The number of hydrogen-bond donors (Lipinski definition) is 1. The van der Waals surface area contributed by atoms with Crippen LogP contribution in [0.5, 0.6) is 0 Å². The molecule has 0 unspecified atom stereocenters. The number of nitrogens with two attached hydrogens (primary N) is 1. The summed E-state index contributed by atoms with van der Waals surface area (Å²) in [5, 5.41) is 0. The van der Waals surface area contributed by atoms with Crippen molar-refractivity contribution >= 4 is 21.7 Å². The zero-order valence-electron chi connectivity index (χ0n) is 10.2. The fraction of sp³-hybridized carbons (Fsp3) is 0.286. The van der Waals surface area contributed by atoms with Crippen molar-refractivity contribution in [3.05, 3.63) is 40.0 Å². The van der Waals surface area contributed by atoms with Crippen LogP contribution >= 0.6 is 15.9 Å². The molecule has 3 rings (SSSR count). The molecular formula is C14H14BrN3. The lowest BCUT2D eigenvalue weighted by atomic mass is 10.0. The maximum absolute atomic E-state index is 5.90. The van der Waals surface area contributed by atoms with Crippen LogP contribution < -0.4 is 5.73 Å². The van der Waals surface area contributed by atoms with Crippen molar-refractivity contribution in [1.82, 2.24) is 9.97 Å². The lowest BCUT2D eigenvalue weighted by molar-refractivity contribution is 1.07. The summed E-state index contributed by atoms with van der Waals surface area (Å²) in [6, 6.07) is 8.35. The Morgan fingerprint density at radius 3 is 2.61 bits per heavy atom. The molecule has 18 heavy (non-hydrogen) atoms. The van der Waals surface area contributed by atoms with Crippen molar-refractivity contribution in [3.63, 3.8) is 0 Å². The van der Waals surface area contributed by atoms with Crippen LogP contribution in [0.15, 0.2) is 28.7 Å². The zero-order chi connectivity index (χ0) is 12.7. The maximum atomic E-state index is 5.90. The number of aromatic nitrogens is 2. The van der Waals surface area contributed by atoms with Gasteiger partial charge in [0.1, 0.15) is 5.82 Å². The number of anilines is 1. The van der Waals surface area contributed by atoms with E-state index in [4.69, 9.17) is 5.73 Å². The van der Waals surface area contributed by atoms with E-state index in [2.05, 4.69) is 44.1 Å². The molecule has 0 bridgehead atoms. The van der Waals surface area contributed by atoms with Crippen LogP contribution in [0.4, 0.5) is 5.82 Å². The third kappa shape index (κ3) is 2.01. The van der Waals surface area contributed by atoms with Gasteiger partial charge in [-0.3, -0.25) is 0 Å². The fourth-order valence-corrected chi connectivity index (χ4v) is 2.33. The van der Waals surface area contributed by atoms with Crippen LogP contribution in [0.25, 0.3) is 11.4 Å². The van der Waals surface area contributed by atoms with Gasteiger partial charge in [-0.25, -0.2) is 9.97 Å². The zero-order valence-corrected chi connectivity index (χ0v) is 11.7. The second kappa shape index (κ2) is 4.35. The SMILES string of the molecule is Cc1nc(-c2ccccc2C2CC2)nc(N)c1Br. The Bertz CT molecular complexity index is 583. The molecule has 3 nitrogen and oxygen atoms in total. The van der Waals surface area contributed by atoms with Gasteiger partial charge in [-0.2, -0.15) is 0 Å². The smallest absolute Gasteiger partial charge is 0.162 e. The number of nitrogens with zero attached hydrogens (tertiary/aromatic N) is 2. The normalized spacial score (nSPS) is 14.8. The van der Waals surface area contributed by atoms with Gasteiger partial charge < -0.3 is 5.73 Å². The molecule has 0 radical (unpaired) electrons. The van der Waals surface area contributed by atoms with E-state index in [-0.39, 0.29) is 0 Å². The van der Waals surface area contributed by atoms with E-state index in [1.165, 1.54) is 18.4 Å². The average molecular weight is 304 g/mol. The molecule has 0 aliphatic heterocycles. The van der Waals surface area contributed by atoms with E-state index in [1.54, 1.807) is 0 Å². The molecular weight excluding hydrogens is 290 g/mol. The molecule has 1 fully saturated rings. The topological polar surface area (TPSA) is 51.8 Å². The molecule has 4 heteroatoms. The number of halogens is 1. The molecule has 1 aromatic carbocycles. The Morgan fingerprint density at radius 1 is 1.22 bits per heavy atom. The van der Waals surface area contributed by atoms with Crippen molar-refractivity contribution < 1.29 is 0 Å². The molecule has 1 aliphatic rings. The van der Waals surface area contributed by atoms with Crippen LogP contribution in [0.1, 0.15) is 30.0 Å². The highest BCUT2D eigenvalue weighted by atomic mass is 79.9. The summed E-state index contributed by atoms with van der Waals surface area (Å²) in [7, 11) is 0. The van der Waals surface area contributed by atoms with Gasteiger partial charge in [-0.15, -0.1) is 0 Å². The molecule has 1 aromatic heterocycles. The summed E-state index contributed by atoms with van der Waals surface area (Å²) in [6.07, 6.45) is 2.53. The van der Waals surface area contributed by atoms with Gasteiger partial charge in [0.15, 0.2) is 5.82 Å². The molecule has 1 aliphatic carbocycles. The van der Waals surface area contributed by atoms with Crippen LogP contribution in [0.2, 0.25) is 0 Å². The van der Waals surface area contributed by atoms with Crippen molar-refractivity contribution in [3.8, 4) is 11.4 Å². The molecule has 92 valence electrons. The minimum absolute atomic E-state index is 0.503. The number of nitrogen functional groups attached to an aromatic ring is 1. The lowest BCUT2D eigenvalue weighted by Gasteiger charge is -2.09. The monoisotopic (exact) mass is 303 g/mol. The second-order valence-electron chi connectivity index (χ2n) is 4.69. The predicted molar refractivity (Wildman–Crippen MR) is 76.3 cm³/mol. The Morgan fingerprint density at radius 2 is 1.94 bits per heavy atom. The summed E-state index contributed by atoms with van der Waals surface area (Å²) >= 11 is 3.40. The predicted octanol–water partition coefficient (Wildman–Crippen LogP) is 3.67. The molecule has 2 aromatic rings. The maximum Gasteiger partial charge on any atom is 0.162 e. The van der Waals surface area contributed by atoms with Gasteiger partial charge >= 0.3 is 0 Å². The molecule has 2 N–H and O–H groups in total. The van der Waals surface area contributed by atoms with Crippen LogP contribution in [-0.2, 0) is 0 Å². The minimum Gasteiger partial charge on any atom is -0.383 e. The number of benzene rings is 1. The minimum atomic E-state index is 0.503. The highest BCUT2D eigenvalue weighted by Gasteiger charge is 2.27. The Kier molecular flexibility index (Phi) is 2.82. The van der Waals surface area contributed by atoms with Crippen molar-refractivity contribution in [2.24, 2.45) is 0 Å². The largest absolute Gasteiger partial charge is 0.383 e. The highest BCUT2D eigenvalue weighted by molar-refractivity contribution is 9.10. The highest BCUT2D eigenvalue weighted by Crippen LogP contribution is 2.43. The van der Waals surface area contributed by atoms with Gasteiger partial charge in [0.05, 0.1) is 10.2 Å². The van der Waals surface area contributed by atoms with Crippen LogP contribution in [-0.4, -0.2) is 9.97 Å². The lowest BCUT2D eigenvalue weighted by Crippen LogP contribution is -2.01. The van der Waals surface area contributed by atoms with E-state index in [0.29, 0.717) is 11.7 Å². The Hall–Kier alpha value is -1.42. The third-order valence-electron chi connectivity index (χ3n) is 3.26. The third-order valence-corrected chi connectivity index (χ3v) is 4.24. The van der Waals surface area contributed by atoms with Crippen LogP contribution in [0.3, 0.4) is 0 Å². The summed E-state index contributed by atoms with van der Waals surface area (Å²) in [6.45, 7) is 1.94. The first-order valence-electron chi connectivity index (χ1n) is 6.05. The Labute approximate surface area is 115 Å². The molecule has 0 amide bonds. The van der Waals surface area contributed by atoms with E-state index >= 15 is 0 Å². The molecule has 0 saturated heterocycles. The van der Waals surface area contributed by atoms with Crippen LogP contribution in [0, 0.1) is 6.92 Å². The molecule has 1 heterocycles. The molecule has 0 atom stereocenters. The summed E-state index contributed by atoms with van der Waals surface area (Å²) < 4.78 is 0.787. The van der Waals surface area contributed by atoms with Crippen molar-refractivity contribution in [1.29, 1.82) is 0 Å². The first kappa shape index (κ1) is 11.7. The van der Waals surface area contributed by atoms with Gasteiger partial charge in [-0.1, -0.05) is 24.3 Å². The molecule has 0 spiro atoms. The number of aryl methyl sites for hydroxylation is 1. The van der Waals surface area contributed by atoms with Gasteiger partial charge in [0.2, 0.25) is 0 Å². The summed E-state index contributed by atoms with van der Waals surface area (Å²) in [4.78, 5) is 8.93.